The summed E-state index contributed by atoms with van der Waals surface area (Å²) in [7, 11) is 0. The molecule has 0 saturated carbocycles. The molecule has 0 unspecified atom stereocenters. The number of fused-ring (bicyclic) bond motifs is 30. The van der Waals surface area contributed by atoms with Crippen LogP contribution >= 0.6 is 0 Å². The van der Waals surface area contributed by atoms with Crippen molar-refractivity contribution < 1.29 is 29.3 Å². The molecule has 0 aromatic heterocycles. The van der Waals surface area contributed by atoms with Crippen LogP contribution in [-0.2, 0) is 24.4 Å². The van der Waals surface area contributed by atoms with E-state index in [0.717, 1.165) is 174 Å². The van der Waals surface area contributed by atoms with Crippen LogP contribution in [0.3, 0.4) is 0 Å². The lowest BCUT2D eigenvalue weighted by atomic mass is 9.96. The zero-order valence-electron chi connectivity index (χ0n) is 43.2. The summed E-state index contributed by atoms with van der Waals surface area (Å²) < 4.78 is 4.93. The van der Waals surface area contributed by atoms with Gasteiger partial charge in [-0.05, 0) is 53.1 Å². The van der Waals surface area contributed by atoms with Gasteiger partial charge in [-0.3, -0.25) is 4.79 Å². The fourth-order valence-corrected chi connectivity index (χ4v) is 9.47. The van der Waals surface area contributed by atoms with E-state index in [9.17, 15) is 19.5 Å². The highest BCUT2D eigenvalue weighted by molar-refractivity contribution is 5.88. The van der Waals surface area contributed by atoms with E-state index in [1.807, 2.05) is 48.5 Å². The zero-order chi connectivity index (χ0) is 52.2. The second-order valence-corrected chi connectivity index (χ2v) is 20.2. The molecule has 6 fully saturated rings. The molecule has 9 rings (SSSR count). The molecule has 22 heteroatoms. The number of nitrogens with one attached hydrogen (secondary N) is 15. The lowest BCUT2D eigenvalue weighted by Gasteiger charge is -2.39. The number of benzene rings is 3. The molecule has 22 nitrogen and oxygen atoms in total. The lowest BCUT2D eigenvalue weighted by Crippen LogP contribution is -2.66. The van der Waals surface area contributed by atoms with Crippen molar-refractivity contribution in [3.63, 3.8) is 0 Å². The number of carbonyl (C=O) groups is 3. The lowest BCUT2D eigenvalue weighted by molar-refractivity contribution is -0.120. The summed E-state index contributed by atoms with van der Waals surface area (Å²) in [6, 6.07) is 21.7. The monoisotopic (exact) mass is 1030 g/mol. The van der Waals surface area contributed by atoms with Crippen molar-refractivity contribution >= 4 is 18.4 Å². The van der Waals surface area contributed by atoms with Crippen LogP contribution in [0.4, 0.5) is 0 Å². The predicted molar refractivity (Wildman–Crippen MR) is 290 cm³/mol. The SMILES string of the molecule is NC12CNCCNCC(NCc3ccc(C(=O)O)cc3)(CNCCNC1)CNCCNC2.O=COc1ccc(CNC23CNCCNCC(NCc4ccc(C(=O)O)cc4)(CNCCNC2)CNCCNC3)cc1. The standard InChI is InChI=1S/C30H46N8O4.C22H40N8O2/c39-23-42-27-7-3-25(4-8-27)16-38-30-20-34-12-9-31-17-29(18-32-10-13-35-21-30,19-33-11-14-36-22-30)37-15-24-1-5-26(6-2-24)28(40)41;23-21-12-24-5-8-27-15-22(16-28-9-6-25-13-21,17-29-10-7-26-14-21)30-11-18-1-3-19(4-2-18)20(31)32/h1-8,23,31-38H,9-22H2,(H,40,41);1-4,24-30H,5-17,23H2,(H,31,32). The minimum atomic E-state index is -0.913. The average molecular weight is 1030 g/mol. The summed E-state index contributed by atoms with van der Waals surface area (Å²) in [6.45, 7) is 21.9. The molecule has 0 atom stereocenters. The van der Waals surface area contributed by atoms with E-state index < -0.39 is 11.9 Å². The molecule has 3 aromatic carbocycles. The summed E-state index contributed by atoms with van der Waals surface area (Å²) in [5, 5.41) is 73.1. The maximum atomic E-state index is 11.2. The number of ether oxygens (including phenoxy) is 1. The van der Waals surface area contributed by atoms with E-state index in [2.05, 4.69) is 79.8 Å². The highest BCUT2D eigenvalue weighted by atomic mass is 16.5. The van der Waals surface area contributed by atoms with Gasteiger partial charge in [0.1, 0.15) is 5.75 Å². The molecular weight excluding hydrogens is 945 g/mol. The van der Waals surface area contributed by atoms with Gasteiger partial charge in [-0.2, -0.15) is 0 Å². The van der Waals surface area contributed by atoms with E-state index in [1.165, 1.54) is 0 Å². The smallest absolute Gasteiger partial charge is 0.335 e. The first kappa shape index (κ1) is 58.7. The van der Waals surface area contributed by atoms with E-state index in [0.29, 0.717) is 43.0 Å². The van der Waals surface area contributed by atoms with Crippen molar-refractivity contribution in [1.29, 1.82) is 0 Å². The average Bonchev–Trinajstić information content (AvgIpc) is 3.40. The number of aromatic carboxylic acids is 2. The number of hydrogen-bond acceptors (Lipinski definition) is 20. The fraction of sp³-hybridized carbons (Fsp3) is 0.596. The van der Waals surface area contributed by atoms with Gasteiger partial charge in [-0.1, -0.05) is 36.4 Å². The van der Waals surface area contributed by atoms with Crippen LogP contribution in [0.5, 0.6) is 5.75 Å². The Balaban J connectivity index is 0.000000250. The normalized spacial score (nSPS) is 26.7. The van der Waals surface area contributed by atoms with Crippen molar-refractivity contribution in [2.75, 3.05) is 157 Å². The molecule has 4 bridgehead atoms. The Morgan fingerprint density at radius 2 is 0.649 bits per heavy atom. The molecule has 0 amide bonds. The quantitative estimate of drug-likeness (QED) is 0.0734. The summed E-state index contributed by atoms with van der Waals surface area (Å²) in [4.78, 5) is 33.0. The summed E-state index contributed by atoms with van der Waals surface area (Å²) in [5.41, 5.74) is 9.51. The number of nitrogens with two attached hydrogens (primary N) is 1. The Morgan fingerprint density at radius 3 is 0.878 bits per heavy atom. The number of rotatable bonds is 13. The Bertz CT molecular complexity index is 2000. The molecule has 3 aromatic rings. The van der Waals surface area contributed by atoms with Gasteiger partial charge < -0.3 is 100 Å². The van der Waals surface area contributed by atoms with Crippen LogP contribution in [-0.4, -0.2) is 208 Å². The van der Waals surface area contributed by atoms with Crippen LogP contribution < -0.4 is 90.2 Å². The molecule has 0 radical (unpaired) electrons. The van der Waals surface area contributed by atoms with Gasteiger partial charge in [-0.25, -0.2) is 9.59 Å². The van der Waals surface area contributed by atoms with Gasteiger partial charge >= 0.3 is 11.9 Å². The minimum Gasteiger partial charge on any atom is -0.478 e. The highest BCUT2D eigenvalue weighted by Gasteiger charge is 2.33. The number of carboxylic acids is 2. The molecule has 6 aliphatic rings. The molecular formula is C52H86N16O6. The topological polar surface area (TPSA) is 307 Å². The van der Waals surface area contributed by atoms with Crippen molar-refractivity contribution in [3.05, 3.63) is 101 Å². The van der Waals surface area contributed by atoms with Gasteiger partial charge in [0.15, 0.2) is 0 Å². The van der Waals surface area contributed by atoms with E-state index in [-0.39, 0.29) is 22.2 Å². The first-order chi connectivity index (χ1) is 36.0. The first-order valence-electron chi connectivity index (χ1n) is 26.4. The fourth-order valence-electron chi connectivity index (χ4n) is 9.47. The summed E-state index contributed by atoms with van der Waals surface area (Å²) in [6.07, 6.45) is 0. The van der Waals surface area contributed by atoms with Crippen LogP contribution in [0, 0.1) is 0 Å². The number of carboxylic acid groups (broad SMARTS) is 2. The third-order valence-corrected chi connectivity index (χ3v) is 14.0. The van der Waals surface area contributed by atoms with Gasteiger partial charge in [0, 0.05) is 177 Å². The Morgan fingerprint density at radius 1 is 0.419 bits per heavy atom. The molecule has 0 aliphatic carbocycles. The van der Waals surface area contributed by atoms with Gasteiger partial charge in [-0.15, -0.1) is 0 Å². The second-order valence-electron chi connectivity index (χ2n) is 20.2. The summed E-state index contributed by atoms with van der Waals surface area (Å²) >= 11 is 0. The third-order valence-electron chi connectivity index (χ3n) is 14.0. The molecule has 6 aliphatic heterocycles. The molecule has 74 heavy (non-hydrogen) atoms. The largest absolute Gasteiger partial charge is 0.478 e. The second kappa shape index (κ2) is 31.5. The van der Waals surface area contributed by atoms with Gasteiger partial charge in [0.2, 0.25) is 0 Å². The third kappa shape index (κ3) is 20.5. The van der Waals surface area contributed by atoms with E-state index in [1.54, 1.807) is 24.3 Å². The van der Waals surface area contributed by atoms with E-state index >= 15 is 0 Å². The molecule has 410 valence electrons. The Kier molecular flexibility index (Phi) is 25.0. The van der Waals surface area contributed by atoms with Crippen LogP contribution in [0.2, 0.25) is 0 Å². The number of hydrogen-bond donors (Lipinski definition) is 18. The van der Waals surface area contributed by atoms with Gasteiger partial charge in [0.25, 0.3) is 6.47 Å². The molecule has 6 heterocycles. The van der Waals surface area contributed by atoms with Crippen LogP contribution in [0.1, 0.15) is 37.4 Å². The van der Waals surface area contributed by atoms with Crippen molar-refractivity contribution in [3.8, 4) is 5.75 Å². The minimum absolute atomic E-state index is 0.197. The predicted octanol–water partition coefficient (Wildman–Crippen LogP) is -3.68. The summed E-state index contributed by atoms with van der Waals surface area (Å²) in [5.74, 6) is -1.28. The van der Waals surface area contributed by atoms with Crippen LogP contribution in [0.25, 0.3) is 0 Å². The Hall–Kier alpha value is -4.57. The Labute approximate surface area is 437 Å². The van der Waals surface area contributed by atoms with Crippen LogP contribution in [0.15, 0.2) is 72.8 Å². The van der Waals surface area contributed by atoms with Crippen molar-refractivity contribution in [2.24, 2.45) is 5.73 Å². The molecule has 6 saturated heterocycles. The first-order valence-corrected chi connectivity index (χ1v) is 26.4. The molecule has 0 spiro atoms. The van der Waals surface area contributed by atoms with E-state index in [4.69, 9.17) is 15.6 Å². The maximum Gasteiger partial charge on any atom is 0.335 e. The maximum absolute atomic E-state index is 11.2. The molecule has 19 N–H and O–H groups in total. The van der Waals surface area contributed by atoms with Gasteiger partial charge in [0.05, 0.1) is 33.3 Å². The number of carbonyl (C=O) groups excluding carboxylic acids is 1. The van der Waals surface area contributed by atoms with Crippen molar-refractivity contribution in [1.82, 2.24) is 79.8 Å². The highest BCUT2D eigenvalue weighted by Crippen LogP contribution is 2.14. The van der Waals surface area contributed by atoms with Crippen molar-refractivity contribution in [2.45, 2.75) is 41.8 Å². The zero-order valence-corrected chi connectivity index (χ0v) is 43.2.